The van der Waals surface area contributed by atoms with Crippen molar-refractivity contribution in [1.29, 1.82) is 0 Å². The van der Waals surface area contributed by atoms with Crippen molar-refractivity contribution in [3.05, 3.63) is 16.6 Å². The van der Waals surface area contributed by atoms with E-state index in [0.717, 1.165) is 6.42 Å². The molecule has 0 aromatic carbocycles. The second-order valence-corrected chi connectivity index (χ2v) is 3.12. The molecule has 1 heterocycles. The van der Waals surface area contributed by atoms with E-state index in [4.69, 9.17) is 5.73 Å². The SMILES string of the molecule is C[C@H](N)Cc1cncs1. The van der Waals surface area contributed by atoms with E-state index in [9.17, 15) is 0 Å². The van der Waals surface area contributed by atoms with Gasteiger partial charge in [-0.25, -0.2) is 0 Å². The van der Waals surface area contributed by atoms with E-state index in [2.05, 4.69) is 4.98 Å². The predicted molar refractivity (Wildman–Crippen MR) is 39.5 cm³/mol. The van der Waals surface area contributed by atoms with Crippen LogP contribution in [-0.2, 0) is 6.42 Å². The zero-order chi connectivity index (χ0) is 6.69. The minimum atomic E-state index is 0.255. The van der Waals surface area contributed by atoms with Crippen molar-refractivity contribution in [2.75, 3.05) is 0 Å². The van der Waals surface area contributed by atoms with Gasteiger partial charge < -0.3 is 5.73 Å². The quantitative estimate of drug-likeness (QED) is 0.670. The third-order valence-electron chi connectivity index (χ3n) is 1.01. The van der Waals surface area contributed by atoms with E-state index >= 15 is 0 Å². The summed E-state index contributed by atoms with van der Waals surface area (Å²) < 4.78 is 0. The lowest BCUT2D eigenvalue weighted by molar-refractivity contribution is 0.745. The van der Waals surface area contributed by atoms with E-state index < -0.39 is 0 Å². The van der Waals surface area contributed by atoms with Gasteiger partial charge in [-0.1, -0.05) is 0 Å². The van der Waals surface area contributed by atoms with Crippen LogP contribution in [0.5, 0.6) is 0 Å². The Kier molecular flexibility index (Phi) is 2.19. The summed E-state index contributed by atoms with van der Waals surface area (Å²) in [6, 6.07) is 0.255. The van der Waals surface area contributed by atoms with Gasteiger partial charge in [0.05, 0.1) is 5.51 Å². The molecule has 0 spiro atoms. The van der Waals surface area contributed by atoms with Crippen molar-refractivity contribution >= 4 is 11.3 Å². The van der Waals surface area contributed by atoms with Crippen LogP contribution in [0.1, 0.15) is 11.8 Å². The molecule has 0 bridgehead atoms. The Balaban J connectivity index is 2.48. The average molecular weight is 142 g/mol. The molecule has 9 heavy (non-hydrogen) atoms. The van der Waals surface area contributed by atoms with Gasteiger partial charge in [-0.2, -0.15) is 0 Å². The average Bonchev–Trinajstić information content (AvgIpc) is 2.15. The van der Waals surface area contributed by atoms with E-state index in [1.807, 2.05) is 18.6 Å². The van der Waals surface area contributed by atoms with Gasteiger partial charge in [0, 0.05) is 17.1 Å². The number of nitrogens with two attached hydrogens (primary N) is 1. The van der Waals surface area contributed by atoms with E-state index in [-0.39, 0.29) is 6.04 Å². The Morgan fingerprint density at radius 2 is 2.67 bits per heavy atom. The van der Waals surface area contributed by atoms with Crippen molar-refractivity contribution in [3.8, 4) is 0 Å². The molecule has 0 fully saturated rings. The molecule has 0 unspecified atom stereocenters. The predicted octanol–water partition coefficient (Wildman–Crippen LogP) is 1.03. The van der Waals surface area contributed by atoms with Crippen molar-refractivity contribution in [2.24, 2.45) is 5.73 Å². The highest BCUT2D eigenvalue weighted by Crippen LogP contribution is 2.06. The van der Waals surface area contributed by atoms with Gasteiger partial charge >= 0.3 is 0 Å². The van der Waals surface area contributed by atoms with Crippen molar-refractivity contribution in [2.45, 2.75) is 19.4 Å². The Bertz CT molecular complexity index is 158. The maximum Gasteiger partial charge on any atom is 0.0794 e. The minimum Gasteiger partial charge on any atom is -0.328 e. The Labute approximate surface area is 58.7 Å². The van der Waals surface area contributed by atoms with Gasteiger partial charge in [0.25, 0.3) is 0 Å². The lowest BCUT2D eigenvalue weighted by Crippen LogP contribution is -2.16. The molecule has 0 aliphatic rings. The molecule has 0 radical (unpaired) electrons. The van der Waals surface area contributed by atoms with Gasteiger partial charge in [0.2, 0.25) is 0 Å². The van der Waals surface area contributed by atoms with Gasteiger partial charge in [0.1, 0.15) is 0 Å². The largest absolute Gasteiger partial charge is 0.328 e. The van der Waals surface area contributed by atoms with Crippen LogP contribution < -0.4 is 5.73 Å². The summed E-state index contributed by atoms with van der Waals surface area (Å²) in [6.07, 6.45) is 2.82. The van der Waals surface area contributed by atoms with Crippen LogP contribution in [0, 0.1) is 0 Å². The first-order valence-electron chi connectivity index (χ1n) is 2.92. The molecular formula is C6H10N2S. The molecular weight excluding hydrogens is 132 g/mol. The Hall–Kier alpha value is -0.410. The van der Waals surface area contributed by atoms with Gasteiger partial charge in [0.15, 0.2) is 0 Å². The first-order chi connectivity index (χ1) is 4.29. The van der Waals surface area contributed by atoms with Crippen LogP contribution in [0.4, 0.5) is 0 Å². The zero-order valence-corrected chi connectivity index (χ0v) is 6.19. The second kappa shape index (κ2) is 2.94. The topological polar surface area (TPSA) is 38.9 Å². The van der Waals surface area contributed by atoms with E-state index in [1.54, 1.807) is 11.3 Å². The molecule has 0 aliphatic heterocycles. The molecule has 0 aliphatic carbocycles. The van der Waals surface area contributed by atoms with Crippen LogP contribution >= 0.6 is 11.3 Å². The van der Waals surface area contributed by atoms with Crippen LogP contribution in [-0.4, -0.2) is 11.0 Å². The number of nitrogens with zero attached hydrogens (tertiary/aromatic N) is 1. The minimum absolute atomic E-state index is 0.255. The summed E-state index contributed by atoms with van der Waals surface area (Å²) in [6.45, 7) is 2.00. The highest BCUT2D eigenvalue weighted by Gasteiger charge is 1.96. The number of hydrogen-bond donors (Lipinski definition) is 1. The van der Waals surface area contributed by atoms with Crippen molar-refractivity contribution in [1.82, 2.24) is 4.98 Å². The van der Waals surface area contributed by atoms with Crippen molar-refractivity contribution < 1.29 is 0 Å². The van der Waals surface area contributed by atoms with Gasteiger partial charge in [-0.3, -0.25) is 4.98 Å². The van der Waals surface area contributed by atoms with Crippen LogP contribution in [0.15, 0.2) is 11.7 Å². The van der Waals surface area contributed by atoms with Crippen molar-refractivity contribution in [3.63, 3.8) is 0 Å². The highest BCUT2D eigenvalue weighted by molar-refractivity contribution is 7.09. The summed E-state index contributed by atoms with van der Waals surface area (Å²) in [4.78, 5) is 5.21. The molecule has 50 valence electrons. The van der Waals surface area contributed by atoms with Crippen LogP contribution in [0.25, 0.3) is 0 Å². The number of hydrogen-bond acceptors (Lipinski definition) is 3. The standard InChI is InChI=1S/C6H10N2S/c1-5(7)2-6-3-8-4-9-6/h3-5H,2,7H2,1H3/t5-/m0/s1. The third kappa shape index (κ3) is 2.11. The zero-order valence-electron chi connectivity index (χ0n) is 5.37. The Morgan fingerprint density at radius 1 is 1.89 bits per heavy atom. The highest BCUT2D eigenvalue weighted by atomic mass is 32.1. The summed E-state index contributed by atoms with van der Waals surface area (Å²) >= 11 is 1.66. The number of thiazole rings is 1. The molecule has 1 atom stereocenters. The molecule has 3 heteroatoms. The monoisotopic (exact) mass is 142 g/mol. The van der Waals surface area contributed by atoms with Crippen LogP contribution in [0.3, 0.4) is 0 Å². The van der Waals surface area contributed by atoms with Gasteiger partial charge in [-0.05, 0) is 13.3 Å². The lowest BCUT2D eigenvalue weighted by Gasteiger charge is -1.98. The molecule has 1 aromatic heterocycles. The molecule has 2 N–H and O–H groups in total. The fraction of sp³-hybridized carbons (Fsp3) is 0.500. The molecule has 1 rings (SSSR count). The number of aromatic nitrogens is 1. The van der Waals surface area contributed by atoms with Gasteiger partial charge in [-0.15, -0.1) is 11.3 Å². The first-order valence-corrected chi connectivity index (χ1v) is 3.80. The normalized spacial score (nSPS) is 13.6. The Morgan fingerprint density at radius 3 is 3.11 bits per heavy atom. The van der Waals surface area contributed by atoms with Crippen LogP contribution in [0.2, 0.25) is 0 Å². The van der Waals surface area contributed by atoms with E-state index in [0.29, 0.717) is 0 Å². The molecule has 0 saturated carbocycles. The fourth-order valence-corrected chi connectivity index (χ4v) is 1.40. The lowest BCUT2D eigenvalue weighted by atomic mass is 10.2. The second-order valence-electron chi connectivity index (χ2n) is 2.15. The smallest absolute Gasteiger partial charge is 0.0794 e. The number of rotatable bonds is 2. The first kappa shape index (κ1) is 6.71. The summed E-state index contributed by atoms with van der Waals surface area (Å²) in [5, 5.41) is 0. The third-order valence-corrected chi connectivity index (χ3v) is 1.81. The molecule has 1 aromatic rings. The summed E-state index contributed by atoms with van der Waals surface area (Å²) in [7, 11) is 0. The molecule has 0 amide bonds. The maximum absolute atomic E-state index is 5.56. The fourth-order valence-electron chi connectivity index (χ4n) is 0.660. The summed E-state index contributed by atoms with van der Waals surface area (Å²) in [5.41, 5.74) is 7.39. The van der Waals surface area contributed by atoms with E-state index in [1.165, 1.54) is 4.88 Å². The molecule has 0 saturated heterocycles. The maximum atomic E-state index is 5.56. The molecule has 2 nitrogen and oxygen atoms in total. The summed E-state index contributed by atoms with van der Waals surface area (Å²) in [5.74, 6) is 0.